The standard InChI is InChI=1S/C27H32N6O3S/c34-25(21-6-4-20(5-7-21)18-32-14-2-1-3-15-32)30-22-8-10-23(11-9-22)36-27(35)33-16-12-24(13-17-33)37-26-28-19-29-31-26/h4-11,19,24H,1-3,12-18H2,(H,30,34)(H,28,29,31). The molecule has 0 radical (unpaired) electrons. The second-order valence-electron chi connectivity index (χ2n) is 9.48. The van der Waals surface area contributed by atoms with Gasteiger partial charge in [0.1, 0.15) is 12.1 Å². The molecule has 2 saturated heterocycles. The predicted molar refractivity (Wildman–Crippen MR) is 143 cm³/mol. The van der Waals surface area contributed by atoms with Crippen LogP contribution in [0.5, 0.6) is 5.75 Å². The van der Waals surface area contributed by atoms with Crippen molar-refractivity contribution >= 4 is 29.4 Å². The summed E-state index contributed by atoms with van der Waals surface area (Å²) >= 11 is 1.66. The fourth-order valence-electron chi connectivity index (χ4n) is 4.68. The first-order valence-corrected chi connectivity index (χ1v) is 13.7. The van der Waals surface area contributed by atoms with Crippen LogP contribution in [0.4, 0.5) is 10.5 Å². The predicted octanol–water partition coefficient (Wildman–Crippen LogP) is 4.80. The van der Waals surface area contributed by atoms with Gasteiger partial charge in [0.2, 0.25) is 0 Å². The third-order valence-corrected chi connectivity index (χ3v) is 7.98. The van der Waals surface area contributed by atoms with Crippen LogP contribution < -0.4 is 10.1 Å². The summed E-state index contributed by atoms with van der Waals surface area (Å²) in [5.41, 5.74) is 2.48. The van der Waals surface area contributed by atoms with Gasteiger partial charge in [0.25, 0.3) is 5.91 Å². The molecule has 194 valence electrons. The zero-order valence-corrected chi connectivity index (χ0v) is 21.6. The van der Waals surface area contributed by atoms with Crippen LogP contribution in [0.1, 0.15) is 48.0 Å². The van der Waals surface area contributed by atoms with Crippen LogP contribution in [0.3, 0.4) is 0 Å². The summed E-state index contributed by atoms with van der Waals surface area (Å²) in [6.07, 6.45) is 6.73. The van der Waals surface area contributed by atoms with E-state index in [-0.39, 0.29) is 12.0 Å². The van der Waals surface area contributed by atoms with Gasteiger partial charge in [0.15, 0.2) is 5.16 Å². The number of anilines is 1. The van der Waals surface area contributed by atoms with E-state index in [2.05, 4.69) is 25.4 Å². The van der Waals surface area contributed by atoms with Crippen molar-refractivity contribution in [3.63, 3.8) is 0 Å². The molecule has 2 amide bonds. The van der Waals surface area contributed by atoms with Gasteiger partial charge in [-0.25, -0.2) is 9.78 Å². The van der Waals surface area contributed by atoms with Crippen molar-refractivity contribution in [3.8, 4) is 5.75 Å². The molecule has 2 aliphatic rings. The van der Waals surface area contributed by atoms with Crippen molar-refractivity contribution in [3.05, 3.63) is 66.0 Å². The summed E-state index contributed by atoms with van der Waals surface area (Å²) in [6.45, 7) is 4.50. The van der Waals surface area contributed by atoms with Crippen LogP contribution in [0.15, 0.2) is 60.0 Å². The molecule has 2 aromatic carbocycles. The third-order valence-electron chi connectivity index (χ3n) is 6.76. The van der Waals surface area contributed by atoms with E-state index in [1.807, 2.05) is 24.3 Å². The molecule has 0 atom stereocenters. The fourth-order valence-corrected chi connectivity index (χ4v) is 5.65. The Kier molecular flexibility index (Phi) is 8.37. The van der Waals surface area contributed by atoms with E-state index in [0.29, 0.717) is 35.3 Å². The topological polar surface area (TPSA) is 103 Å². The molecule has 0 saturated carbocycles. The van der Waals surface area contributed by atoms with Gasteiger partial charge in [-0.15, -0.1) is 0 Å². The van der Waals surface area contributed by atoms with Crippen LogP contribution in [0.2, 0.25) is 0 Å². The lowest BCUT2D eigenvalue weighted by Crippen LogP contribution is -2.40. The Labute approximate surface area is 221 Å². The number of likely N-dealkylation sites (tertiary alicyclic amines) is 2. The molecule has 2 N–H and O–H groups in total. The maximum atomic E-state index is 12.7. The SMILES string of the molecule is O=C(Nc1ccc(OC(=O)N2CCC(Sc3ncn[nH]3)CC2)cc1)c1ccc(CN2CCCCC2)cc1. The number of H-pyrrole nitrogens is 1. The summed E-state index contributed by atoms with van der Waals surface area (Å²) < 4.78 is 5.55. The van der Waals surface area contributed by atoms with Crippen LogP contribution in [-0.4, -0.2) is 68.4 Å². The number of nitrogens with zero attached hydrogens (tertiary/aromatic N) is 4. The number of benzene rings is 2. The molecule has 3 heterocycles. The van der Waals surface area contributed by atoms with E-state index in [4.69, 9.17) is 4.74 Å². The summed E-state index contributed by atoms with van der Waals surface area (Å²) in [5, 5.41) is 10.8. The van der Waals surface area contributed by atoms with Crippen LogP contribution in [-0.2, 0) is 6.54 Å². The average molecular weight is 521 g/mol. The first kappa shape index (κ1) is 25.3. The Hall–Kier alpha value is -3.37. The number of nitrogens with one attached hydrogen (secondary N) is 2. The van der Waals surface area contributed by atoms with Gasteiger partial charge in [0, 0.05) is 36.1 Å². The Bertz CT molecular complexity index is 1160. The van der Waals surface area contributed by atoms with Crippen molar-refractivity contribution < 1.29 is 14.3 Å². The molecule has 1 aromatic heterocycles. The highest BCUT2D eigenvalue weighted by Crippen LogP contribution is 2.28. The normalized spacial score (nSPS) is 16.9. The number of rotatable bonds is 7. The molecule has 2 fully saturated rings. The number of aromatic nitrogens is 3. The maximum absolute atomic E-state index is 12.7. The van der Waals surface area contributed by atoms with E-state index in [9.17, 15) is 9.59 Å². The quantitative estimate of drug-likeness (QED) is 0.461. The lowest BCUT2D eigenvalue weighted by Gasteiger charge is -2.30. The molecule has 5 rings (SSSR count). The Balaban J connectivity index is 1.07. The summed E-state index contributed by atoms with van der Waals surface area (Å²) in [6, 6.07) is 14.7. The molecular weight excluding hydrogens is 488 g/mol. The first-order valence-electron chi connectivity index (χ1n) is 12.8. The number of hydrogen-bond acceptors (Lipinski definition) is 7. The Morgan fingerprint density at radius 2 is 1.70 bits per heavy atom. The molecular formula is C27H32N6O3S. The van der Waals surface area contributed by atoms with Gasteiger partial charge >= 0.3 is 6.09 Å². The number of aromatic amines is 1. The largest absolute Gasteiger partial charge is 0.415 e. The van der Waals surface area contributed by atoms with Gasteiger partial charge in [-0.2, -0.15) is 5.10 Å². The van der Waals surface area contributed by atoms with Crippen molar-refractivity contribution in [2.45, 2.75) is 49.1 Å². The second kappa shape index (κ2) is 12.2. The number of ether oxygens (including phenoxy) is 1. The summed E-state index contributed by atoms with van der Waals surface area (Å²) in [5.74, 6) is 0.281. The lowest BCUT2D eigenvalue weighted by atomic mass is 10.1. The third kappa shape index (κ3) is 7.11. The molecule has 0 bridgehead atoms. The zero-order valence-electron chi connectivity index (χ0n) is 20.8. The van der Waals surface area contributed by atoms with E-state index in [1.165, 1.54) is 31.2 Å². The van der Waals surface area contributed by atoms with Crippen molar-refractivity contribution in [1.82, 2.24) is 25.0 Å². The van der Waals surface area contributed by atoms with E-state index >= 15 is 0 Å². The lowest BCUT2D eigenvalue weighted by molar-refractivity contribution is 0.102. The van der Waals surface area contributed by atoms with E-state index in [1.54, 1.807) is 40.9 Å². The van der Waals surface area contributed by atoms with Gasteiger partial charge in [0.05, 0.1) is 0 Å². The number of carbonyl (C=O) groups excluding carboxylic acids is 2. The average Bonchev–Trinajstić information content (AvgIpc) is 3.44. The number of amides is 2. The Morgan fingerprint density at radius 1 is 0.973 bits per heavy atom. The summed E-state index contributed by atoms with van der Waals surface area (Å²) in [4.78, 5) is 33.6. The smallest absolute Gasteiger partial charge is 0.410 e. The fraction of sp³-hybridized carbons (Fsp3) is 0.407. The number of thioether (sulfide) groups is 1. The van der Waals surface area contributed by atoms with Gasteiger partial charge in [-0.3, -0.25) is 14.8 Å². The number of piperidine rings is 2. The van der Waals surface area contributed by atoms with Crippen molar-refractivity contribution in [1.29, 1.82) is 0 Å². The molecule has 9 nitrogen and oxygen atoms in total. The van der Waals surface area contributed by atoms with Crippen molar-refractivity contribution in [2.24, 2.45) is 0 Å². The molecule has 37 heavy (non-hydrogen) atoms. The van der Waals surface area contributed by atoms with Crippen molar-refractivity contribution in [2.75, 3.05) is 31.5 Å². The van der Waals surface area contributed by atoms with Crippen LogP contribution in [0, 0.1) is 0 Å². The minimum Gasteiger partial charge on any atom is -0.410 e. The zero-order chi connectivity index (χ0) is 25.5. The maximum Gasteiger partial charge on any atom is 0.415 e. The number of carbonyl (C=O) groups is 2. The highest BCUT2D eigenvalue weighted by molar-refractivity contribution is 7.99. The van der Waals surface area contributed by atoms with Gasteiger partial charge in [-0.1, -0.05) is 30.3 Å². The van der Waals surface area contributed by atoms with E-state index in [0.717, 1.165) is 37.6 Å². The molecule has 0 unspecified atom stereocenters. The van der Waals surface area contributed by atoms with Crippen LogP contribution in [0.25, 0.3) is 0 Å². The minimum atomic E-state index is -0.357. The monoisotopic (exact) mass is 520 g/mol. The van der Waals surface area contributed by atoms with E-state index < -0.39 is 0 Å². The highest BCUT2D eigenvalue weighted by Gasteiger charge is 2.25. The Morgan fingerprint density at radius 3 is 2.38 bits per heavy atom. The minimum absolute atomic E-state index is 0.166. The van der Waals surface area contributed by atoms with Gasteiger partial charge < -0.3 is 15.0 Å². The highest BCUT2D eigenvalue weighted by atomic mass is 32.2. The molecule has 3 aromatic rings. The van der Waals surface area contributed by atoms with Gasteiger partial charge in [-0.05, 0) is 80.7 Å². The van der Waals surface area contributed by atoms with Crippen LogP contribution >= 0.6 is 11.8 Å². The first-order chi connectivity index (χ1) is 18.1. The molecule has 2 aliphatic heterocycles. The summed E-state index contributed by atoms with van der Waals surface area (Å²) in [7, 11) is 0. The molecule has 0 aliphatic carbocycles. The molecule has 10 heteroatoms. The second-order valence-corrected chi connectivity index (χ2v) is 10.8. The molecule has 0 spiro atoms. The number of hydrogen-bond donors (Lipinski definition) is 2.